The number of rotatable bonds is 0. The molecular formula is C54H42. The second-order valence-electron chi connectivity index (χ2n) is 33.5. The number of hydrogen-bond donors (Lipinski definition) is 0. The highest BCUT2D eigenvalue weighted by Gasteiger charge is 3.41. The Balaban J connectivity index is 0.612. The molecule has 34 rings (SSSR count). The Bertz CT molecular complexity index is 2720. The molecule has 34 aliphatic carbocycles. The second-order valence-corrected chi connectivity index (χ2v) is 33.5. The molecule has 0 bridgehead atoms. The van der Waals surface area contributed by atoms with Gasteiger partial charge in [-0.2, -0.15) is 0 Å². The standard InChI is InChI=1S/C54H42/c1-5-2-8-12-16-20-24-28-32-37-38-34-30-26-22-18-14-10-4-6-3-9-13-17-21-25-29-33-36-35-31-27-23-19-15-11-7(1)39(5,8)41(11,12)43(15,16)45(19,20)47(23,24)49(27,28)51(31,32)53(35,37)54(36,38)52(33,34)50(29,30)48(25,26)46(21,22)44(17,18)42(13,14)40(6,9)10/h5-38H,1-4H2/t5?,6?,7-,8?,9+,10?,11-,12?,13+,14?,15-,16?,17+,18?,19-,20?,21+,22?,23-,24?,25+,26?,27-,28?,29+,30?,31-,32?,33+,34?,35-,36+,37?,38?,39?,40?,41?,42?,43?,44?,45?,46?,47?,48?,49?,50?,51?,52?,53?,54?. The van der Waals surface area contributed by atoms with Crippen molar-refractivity contribution >= 4 is 0 Å². The summed E-state index contributed by atoms with van der Waals surface area (Å²) in [6.07, 6.45) is 7.06. The van der Waals surface area contributed by atoms with E-state index in [4.69, 9.17) is 0 Å². The first-order chi connectivity index (χ1) is 26.8. The largest absolute Gasteiger partial charge is 0.0461 e. The molecule has 0 aromatic heterocycles. The molecule has 0 aromatic rings. The van der Waals surface area contributed by atoms with Gasteiger partial charge in [-0.3, -0.25) is 0 Å². The summed E-state index contributed by atoms with van der Waals surface area (Å²) in [5.74, 6) is 46.8. The van der Waals surface area contributed by atoms with Gasteiger partial charge in [-0.15, -0.1) is 0 Å². The lowest BCUT2D eigenvalue weighted by molar-refractivity contribution is -0.951. The van der Waals surface area contributed by atoms with Crippen LogP contribution in [-0.4, -0.2) is 0 Å². The molecule has 0 N–H and O–H groups in total. The van der Waals surface area contributed by atoms with Crippen LogP contribution in [0.25, 0.3) is 0 Å². The van der Waals surface area contributed by atoms with E-state index in [0.29, 0.717) is 0 Å². The highest BCUT2D eigenvalue weighted by molar-refractivity contribution is 5.86. The van der Waals surface area contributed by atoms with Gasteiger partial charge in [0.2, 0.25) is 0 Å². The van der Waals surface area contributed by atoms with E-state index in [-0.39, 0.29) is 0 Å². The molecule has 258 valence electrons. The van der Waals surface area contributed by atoms with Crippen molar-refractivity contribution in [1.82, 2.24) is 0 Å². The van der Waals surface area contributed by atoms with Crippen molar-refractivity contribution in [3.8, 4) is 0 Å². The molecule has 34 unspecified atom stereocenters. The van der Waals surface area contributed by atoms with Crippen LogP contribution in [-0.2, 0) is 0 Å². The molecule has 50 atom stereocenters. The Morgan fingerprint density at radius 2 is 0.315 bits per heavy atom. The topological polar surface area (TPSA) is 0 Å². The summed E-state index contributed by atoms with van der Waals surface area (Å²) in [4.78, 5) is 0. The van der Waals surface area contributed by atoms with Gasteiger partial charge in [-0.05, 0) is 314 Å². The van der Waals surface area contributed by atoms with Crippen LogP contribution in [0.5, 0.6) is 0 Å². The van der Waals surface area contributed by atoms with Crippen LogP contribution in [0.15, 0.2) is 0 Å². The SMILES string of the molecule is C1C2C[C@@H]3[C@@H]4[C@@H]5[C@@H]6[C@@H]7[C@@H]8[C@@H]9[C@@H]%10[C@@H]%11[C@@H]%12[C@@H]%13[C@@H]%14[C@@H]%15[C@@H]%16[C@@H]%17[C@@H]%18CC%19CC%20C%21C%22C%23C%24C%25C%26C%27C%28C%29C%30C%31C%32C%33C%34C1C23C%344C%335C%326C%317C%308C%299C%28%10C%27%11C%26%12C%25%13C%24%14C%23%15C%22%16C%21%17C%19%20%18. The fourth-order valence-corrected chi connectivity index (χ4v) is 50.7. The minimum atomic E-state index is 1.07. The molecule has 0 heteroatoms. The Morgan fingerprint density at radius 3 is 0.481 bits per heavy atom. The van der Waals surface area contributed by atoms with Crippen molar-refractivity contribution in [2.45, 2.75) is 25.7 Å². The van der Waals surface area contributed by atoms with Crippen molar-refractivity contribution in [2.75, 3.05) is 0 Å². The van der Waals surface area contributed by atoms with Crippen LogP contribution < -0.4 is 0 Å². The van der Waals surface area contributed by atoms with Gasteiger partial charge in [0.1, 0.15) is 0 Å². The molecule has 34 aliphatic rings. The monoisotopic (exact) mass is 690 g/mol. The van der Waals surface area contributed by atoms with Crippen LogP contribution in [0, 0.1) is 288 Å². The first-order valence-corrected chi connectivity index (χ1v) is 26.8. The fraction of sp³-hybridized carbons (Fsp3) is 1.00. The van der Waals surface area contributed by atoms with Crippen molar-refractivity contribution < 1.29 is 0 Å². The minimum Gasteiger partial charge on any atom is -0.0461 e. The van der Waals surface area contributed by atoms with Gasteiger partial charge in [0, 0.05) is 0 Å². The van der Waals surface area contributed by atoms with Crippen LogP contribution in [0.2, 0.25) is 0 Å². The third kappa shape index (κ3) is 0.599. The van der Waals surface area contributed by atoms with E-state index in [1.165, 1.54) is 201 Å². The fourth-order valence-electron chi connectivity index (χ4n) is 50.7. The Morgan fingerprint density at radius 1 is 0.167 bits per heavy atom. The quantitative estimate of drug-likeness (QED) is 0.304. The average molecular weight is 691 g/mol. The van der Waals surface area contributed by atoms with Crippen LogP contribution in [0.3, 0.4) is 0 Å². The highest BCUT2D eigenvalue weighted by Crippen LogP contribution is 3.43. The third-order valence-electron chi connectivity index (χ3n) is 42.8. The zero-order valence-electron chi connectivity index (χ0n) is 30.5. The summed E-state index contributed by atoms with van der Waals surface area (Å²) in [6.45, 7) is 0. The second kappa shape index (κ2) is 3.51. The zero-order valence-corrected chi connectivity index (χ0v) is 30.5. The van der Waals surface area contributed by atoms with E-state index in [1.54, 1.807) is 25.7 Å². The van der Waals surface area contributed by atoms with Crippen molar-refractivity contribution in [3.63, 3.8) is 0 Å². The molecular weight excluding hydrogens is 649 g/mol. The predicted molar refractivity (Wildman–Crippen MR) is 176 cm³/mol. The van der Waals surface area contributed by atoms with E-state index in [0.717, 1.165) is 86.6 Å². The smallest absolute Gasteiger partial charge is 0.00932 e. The van der Waals surface area contributed by atoms with E-state index in [1.807, 2.05) is 0 Å². The predicted octanol–water partition coefficient (Wildman–Crippen LogP) is 5.74. The van der Waals surface area contributed by atoms with E-state index in [9.17, 15) is 0 Å². The molecule has 0 saturated heterocycles. The third-order valence-corrected chi connectivity index (χ3v) is 42.8. The van der Waals surface area contributed by atoms with E-state index >= 15 is 0 Å². The van der Waals surface area contributed by atoms with E-state index < -0.39 is 0 Å². The maximum absolute atomic E-state index is 1.76. The van der Waals surface area contributed by atoms with Gasteiger partial charge in [0.15, 0.2) is 0 Å². The van der Waals surface area contributed by atoms with Gasteiger partial charge in [0.05, 0.1) is 0 Å². The molecule has 0 nitrogen and oxygen atoms in total. The molecule has 0 radical (unpaired) electrons. The zero-order chi connectivity index (χ0) is 30.5. The van der Waals surface area contributed by atoms with Crippen LogP contribution in [0.1, 0.15) is 25.7 Å². The van der Waals surface area contributed by atoms with E-state index in [2.05, 4.69) is 0 Å². The minimum absolute atomic E-state index is 1.07. The molecule has 0 aliphatic heterocycles. The van der Waals surface area contributed by atoms with Gasteiger partial charge in [0.25, 0.3) is 0 Å². The summed E-state index contributed by atoms with van der Waals surface area (Å²) < 4.78 is 0. The Hall–Kier alpha value is 0. The highest BCUT2D eigenvalue weighted by atomic mass is 15.4. The number of fused-ring (bicyclic) bond motifs is 30. The lowest BCUT2D eigenvalue weighted by Gasteiger charge is -3.40. The van der Waals surface area contributed by atoms with Gasteiger partial charge in [-0.1, -0.05) is 0 Å². The normalized spacial score (nSPS) is 127. The van der Waals surface area contributed by atoms with Crippen molar-refractivity contribution in [3.05, 3.63) is 0 Å². The number of hydrogen-bond acceptors (Lipinski definition) is 0. The lowest BCUT2D eigenvalue weighted by Crippen LogP contribution is -3.38. The van der Waals surface area contributed by atoms with Crippen LogP contribution >= 0.6 is 0 Å². The average Bonchev–Trinajstić information content (AvgIpc) is 3.03. The van der Waals surface area contributed by atoms with Gasteiger partial charge >= 0.3 is 0 Å². The molecule has 0 amide bonds. The molecule has 34 saturated carbocycles. The lowest BCUT2D eigenvalue weighted by atomic mass is 8.63. The van der Waals surface area contributed by atoms with Gasteiger partial charge in [-0.25, -0.2) is 0 Å². The summed E-state index contributed by atoms with van der Waals surface area (Å²) in [7, 11) is 0. The van der Waals surface area contributed by atoms with Gasteiger partial charge < -0.3 is 0 Å². The summed E-state index contributed by atoms with van der Waals surface area (Å²) in [5.41, 5.74) is 17.5. The summed E-state index contributed by atoms with van der Waals surface area (Å²) in [5, 5.41) is 0. The summed E-state index contributed by atoms with van der Waals surface area (Å²) >= 11 is 0. The first kappa shape index (κ1) is 20.0. The first-order valence-electron chi connectivity index (χ1n) is 26.8. The maximum Gasteiger partial charge on any atom is -0.00932 e. The molecule has 0 heterocycles. The van der Waals surface area contributed by atoms with Crippen molar-refractivity contribution in [1.29, 1.82) is 0 Å². The summed E-state index contributed by atoms with van der Waals surface area (Å²) in [6, 6.07) is 0. The Labute approximate surface area is 312 Å². The molecule has 34 fully saturated rings. The maximum atomic E-state index is 1.76. The van der Waals surface area contributed by atoms with Crippen LogP contribution in [0.4, 0.5) is 0 Å². The molecule has 0 aromatic carbocycles. The molecule has 16 spiro atoms. The molecule has 54 heavy (non-hydrogen) atoms. The Kier molecular flexibility index (Phi) is 1.30. The van der Waals surface area contributed by atoms with Crippen molar-refractivity contribution in [2.24, 2.45) is 288 Å².